The molecule has 0 bridgehead atoms. The van der Waals surface area contributed by atoms with Gasteiger partial charge in [-0.1, -0.05) is 19.8 Å². The lowest BCUT2D eigenvalue weighted by Crippen LogP contribution is -2.33. The van der Waals surface area contributed by atoms with E-state index in [-0.39, 0.29) is 0 Å². The fourth-order valence-corrected chi connectivity index (χ4v) is 3.16. The third kappa shape index (κ3) is 4.06. The molecule has 16 heavy (non-hydrogen) atoms. The number of rotatable bonds is 4. The Bertz CT molecular complexity index is 187. The third-order valence-corrected chi connectivity index (χ3v) is 4.35. The number of nitrogens with one attached hydrogen (secondary N) is 2. The highest BCUT2D eigenvalue weighted by Gasteiger charge is 2.17. The Balaban J connectivity index is 1.57. The molecule has 1 heterocycles. The monoisotopic (exact) mass is 224 g/mol. The van der Waals surface area contributed by atoms with Gasteiger partial charge in [0.2, 0.25) is 0 Å². The molecule has 2 nitrogen and oxygen atoms in total. The van der Waals surface area contributed by atoms with Gasteiger partial charge in [0, 0.05) is 12.1 Å². The van der Waals surface area contributed by atoms with Crippen molar-refractivity contribution in [1.29, 1.82) is 0 Å². The number of hydrogen-bond acceptors (Lipinski definition) is 2. The van der Waals surface area contributed by atoms with Crippen LogP contribution in [0, 0.1) is 5.92 Å². The molecule has 3 atom stereocenters. The van der Waals surface area contributed by atoms with E-state index in [1.165, 1.54) is 64.5 Å². The largest absolute Gasteiger partial charge is 0.314 e. The van der Waals surface area contributed by atoms with Crippen molar-refractivity contribution >= 4 is 0 Å². The highest BCUT2D eigenvalue weighted by atomic mass is 15.0. The van der Waals surface area contributed by atoms with Crippen molar-refractivity contribution in [3.63, 3.8) is 0 Å². The van der Waals surface area contributed by atoms with E-state index in [1.807, 2.05) is 0 Å². The summed E-state index contributed by atoms with van der Waals surface area (Å²) in [6.45, 7) is 4.87. The fraction of sp³-hybridized carbons (Fsp3) is 1.00. The van der Waals surface area contributed by atoms with E-state index in [4.69, 9.17) is 0 Å². The highest BCUT2D eigenvalue weighted by molar-refractivity contribution is 4.77. The van der Waals surface area contributed by atoms with Crippen LogP contribution in [0.4, 0.5) is 0 Å². The van der Waals surface area contributed by atoms with Gasteiger partial charge in [0.1, 0.15) is 0 Å². The smallest absolute Gasteiger partial charge is 0.00796 e. The van der Waals surface area contributed by atoms with Gasteiger partial charge in [0.25, 0.3) is 0 Å². The maximum Gasteiger partial charge on any atom is 0.00796 e. The zero-order valence-corrected chi connectivity index (χ0v) is 10.8. The van der Waals surface area contributed by atoms with Gasteiger partial charge in [-0.3, -0.25) is 0 Å². The topological polar surface area (TPSA) is 24.1 Å². The predicted octanol–water partition coefficient (Wildman–Crippen LogP) is 2.69. The first-order valence-electron chi connectivity index (χ1n) is 7.31. The summed E-state index contributed by atoms with van der Waals surface area (Å²) in [7, 11) is 0. The van der Waals surface area contributed by atoms with E-state index >= 15 is 0 Å². The van der Waals surface area contributed by atoms with Crippen molar-refractivity contribution in [2.45, 2.75) is 70.4 Å². The van der Waals surface area contributed by atoms with Gasteiger partial charge >= 0.3 is 0 Å². The first-order chi connectivity index (χ1) is 7.84. The van der Waals surface area contributed by atoms with Gasteiger partial charge in [0.15, 0.2) is 0 Å². The van der Waals surface area contributed by atoms with Gasteiger partial charge in [-0.05, 0) is 57.5 Å². The van der Waals surface area contributed by atoms with E-state index in [1.54, 1.807) is 0 Å². The van der Waals surface area contributed by atoms with Crippen LogP contribution in [-0.2, 0) is 0 Å². The van der Waals surface area contributed by atoms with Crippen LogP contribution in [0.2, 0.25) is 0 Å². The average molecular weight is 224 g/mol. The summed E-state index contributed by atoms with van der Waals surface area (Å²) >= 11 is 0. The van der Waals surface area contributed by atoms with Crippen molar-refractivity contribution in [1.82, 2.24) is 10.6 Å². The Kier molecular flexibility index (Phi) is 5.11. The lowest BCUT2D eigenvalue weighted by molar-refractivity contribution is 0.426. The van der Waals surface area contributed by atoms with Crippen LogP contribution in [0.15, 0.2) is 0 Å². The second-order valence-electron chi connectivity index (χ2n) is 5.85. The van der Waals surface area contributed by atoms with Crippen molar-refractivity contribution < 1.29 is 0 Å². The Morgan fingerprint density at radius 2 is 2.00 bits per heavy atom. The molecule has 0 aromatic heterocycles. The Labute approximate surface area is 101 Å². The SMILES string of the molecule is CC1CCCC(NCCC2CCCN2)CC1. The summed E-state index contributed by atoms with van der Waals surface area (Å²) in [5.74, 6) is 0.961. The van der Waals surface area contributed by atoms with Crippen LogP contribution in [0.3, 0.4) is 0 Å². The second kappa shape index (κ2) is 6.61. The predicted molar refractivity (Wildman–Crippen MR) is 69.7 cm³/mol. The van der Waals surface area contributed by atoms with Gasteiger partial charge in [0.05, 0.1) is 0 Å². The molecule has 2 fully saturated rings. The van der Waals surface area contributed by atoms with Crippen LogP contribution in [0.5, 0.6) is 0 Å². The average Bonchev–Trinajstić information content (AvgIpc) is 2.70. The molecule has 1 saturated heterocycles. The molecule has 3 unspecified atom stereocenters. The summed E-state index contributed by atoms with van der Waals surface area (Å²) in [5, 5.41) is 7.34. The number of hydrogen-bond donors (Lipinski definition) is 2. The molecule has 0 radical (unpaired) electrons. The maximum atomic E-state index is 3.77. The first kappa shape index (κ1) is 12.4. The molecule has 2 aliphatic rings. The standard InChI is InChI=1S/C14H28N2/c1-12-4-2-5-13(8-7-12)16-11-9-14-6-3-10-15-14/h12-16H,2-11H2,1H3. The molecule has 1 saturated carbocycles. The van der Waals surface area contributed by atoms with Crippen molar-refractivity contribution in [2.24, 2.45) is 5.92 Å². The van der Waals surface area contributed by atoms with Crippen LogP contribution < -0.4 is 10.6 Å². The molecule has 2 N–H and O–H groups in total. The summed E-state index contributed by atoms with van der Waals surface area (Å²) in [4.78, 5) is 0. The molecule has 1 aliphatic carbocycles. The van der Waals surface area contributed by atoms with Crippen molar-refractivity contribution in [3.05, 3.63) is 0 Å². The first-order valence-corrected chi connectivity index (χ1v) is 7.31. The molecular formula is C14H28N2. The third-order valence-electron chi connectivity index (χ3n) is 4.35. The quantitative estimate of drug-likeness (QED) is 0.718. The zero-order valence-electron chi connectivity index (χ0n) is 10.8. The summed E-state index contributed by atoms with van der Waals surface area (Å²) < 4.78 is 0. The van der Waals surface area contributed by atoms with Gasteiger partial charge in [-0.2, -0.15) is 0 Å². The van der Waals surface area contributed by atoms with E-state index in [0.717, 1.165) is 18.0 Å². The van der Waals surface area contributed by atoms with Gasteiger partial charge in [-0.25, -0.2) is 0 Å². The minimum absolute atomic E-state index is 0.803. The lowest BCUT2D eigenvalue weighted by atomic mass is 10.0. The highest BCUT2D eigenvalue weighted by Crippen LogP contribution is 2.22. The maximum absolute atomic E-state index is 3.77. The fourth-order valence-electron chi connectivity index (χ4n) is 3.16. The Morgan fingerprint density at radius 1 is 1.06 bits per heavy atom. The van der Waals surface area contributed by atoms with E-state index in [9.17, 15) is 0 Å². The Hall–Kier alpha value is -0.0800. The molecule has 0 amide bonds. The van der Waals surface area contributed by atoms with Crippen molar-refractivity contribution in [3.8, 4) is 0 Å². The molecule has 2 rings (SSSR count). The Morgan fingerprint density at radius 3 is 2.81 bits per heavy atom. The lowest BCUT2D eigenvalue weighted by Gasteiger charge is -2.18. The minimum atomic E-state index is 0.803. The van der Waals surface area contributed by atoms with Crippen LogP contribution >= 0.6 is 0 Å². The molecule has 0 spiro atoms. The molecule has 0 aromatic rings. The van der Waals surface area contributed by atoms with Crippen LogP contribution in [0.1, 0.15) is 58.3 Å². The molecule has 0 aromatic carbocycles. The van der Waals surface area contributed by atoms with Crippen LogP contribution in [0.25, 0.3) is 0 Å². The molecular weight excluding hydrogens is 196 g/mol. The van der Waals surface area contributed by atoms with Gasteiger partial charge in [-0.15, -0.1) is 0 Å². The summed E-state index contributed by atoms with van der Waals surface area (Å²) in [6, 6.07) is 1.61. The van der Waals surface area contributed by atoms with Crippen LogP contribution in [-0.4, -0.2) is 25.2 Å². The molecule has 2 heteroatoms. The minimum Gasteiger partial charge on any atom is -0.314 e. The second-order valence-corrected chi connectivity index (χ2v) is 5.85. The van der Waals surface area contributed by atoms with Crippen molar-refractivity contribution in [2.75, 3.05) is 13.1 Å². The zero-order chi connectivity index (χ0) is 11.2. The van der Waals surface area contributed by atoms with E-state index < -0.39 is 0 Å². The van der Waals surface area contributed by atoms with Gasteiger partial charge < -0.3 is 10.6 Å². The van der Waals surface area contributed by atoms with E-state index in [0.29, 0.717) is 0 Å². The van der Waals surface area contributed by atoms with E-state index in [2.05, 4.69) is 17.6 Å². The normalized spacial score (nSPS) is 36.2. The summed E-state index contributed by atoms with van der Waals surface area (Å²) in [6.07, 6.45) is 11.2. The molecule has 94 valence electrons. The molecule has 1 aliphatic heterocycles. The summed E-state index contributed by atoms with van der Waals surface area (Å²) in [5.41, 5.74) is 0.